The molecular formula is C18H19NO2. The van der Waals surface area contributed by atoms with Crippen LogP contribution in [0.1, 0.15) is 24.8 Å². The SMILES string of the molecule is O=C(O)[C@@]1(c2ccccc2)CC[C@@H](Nc2ccccc2)C1. The number of benzene rings is 2. The number of nitrogens with one attached hydrogen (secondary N) is 1. The van der Waals surface area contributed by atoms with Crippen molar-refractivity contribution in [3.63, 3.8) is 0 Å². The van der Waals surface area contributed by atoms with Gasteiger partial charge in [-0.2, -0.15) is 0 Å². The average Bonchev–Trinajstić information content (AvgIpc) is 2.94. The van der Waals surface area contributed by atoms with Crippen LogP contribution in [0.3, 0.4) is 0 Å². The van der Waals surface area contributed by atoms with Gasteiger partial charge in [0, 0.05) is 11.7 Å². The van der Waals surface area contributed by atoms with E-state index in [2.05, 4.69) is 5.32 Å². The summed E-state index contributed by atoms with van der Waals surface area (Å²) in [5.41, 5.74) is 1.21. The van der Waals surface area contributed by atoms with Gasteiger partial charge in [-0.05, 0) is 37.0 Å². The van der Waals surface area contributed by atoms with Crippen molar-refractivity contribution in [3.8, 4) is 0 Å². The Labute approximate surface area is 124 Å². The molecule has 2 N–H and O–H groups in total. The van der Waals surface area contributed by atoms with Gasteiger partial charge in [-0.1, -0.05) is 48.5 Å². The van der Waals surface area contributed by atoms with Gasteiger partial charge in [-0.3, -0.25) is 4.79 Å². The first kappa shape index (κ1) is 13.7. The largest absolute Gasteiger partial charge is 0.481 e. The van der Waals surface area contributed by atoms with Gasteiger partial charge >= 0.3 is 5.97 Å². The summed E-state index contributed by atoms with van der Waals surface area (Å²) in [4.78, 5) is 11.9. The summed E-state index contributed by atoms with van der Waals surface area (Å²) in [5.74, 6) is -0.717. The number of aliphatic carboxylic acids is 1. The molecule has 21 heavy (non-hydrogen) atoms. The second kappa shape index (κ2) is 5.60. The molecule has 1 fully saturated rings. The standard InChI is InChI=1S/C18H19NO2/c20-17(21)18(14-7-3-1-4-8-14)12-11-16(13-18)19-15-9-5-2-6-10-15/h1-10,16,19H,11-13H2,(H,20,21)/t16-,18+/m1/s1. The van der Waals surface area contributed by atoms with Crippen LogP contribution in [0, 0.1) is 0 Å². The van der Waals surface area contributed by atoms with E-state index in [1.165, 1.54) is 0 Å². The molecule has 1 aliphatic carbocycles. The molecule has 0 radical (unpaired) electrons. The fourth-order valence-electron chi connectivity index (χ4n) is 3.28. The van der Waals surface area contributed by atoms with Crippen LogP contribution in [-0.2, 0) is 10.2 Å². The Hall–Kier alpha value is -2.29. The molecule has 2 aromatic carbocycles. The minimum atomic E-state index is -0.756. The van der Waals surface area contributed by atoms with Crippen molar-refractivity contribution >= 4 is 11.7 Å². The number of para-hydroxylation sites is 1. The van der Waals surface area contributed by atoms with E-state index >= 15 is 0 Å². The highest BCUT2D eigenvalue weighted by Crippen LogP contribution is 2.42. The molecule has 0 saturated heterocycles. The summed E-state index contributed by atoms with van der Waals surface area (Å²) >= 11 is 0. The maximum absolute atomic E-state index is 11.9. The average molecular weight is 281 g/mol. The van der Waals surface area contributed by atoms with Gasteiger partial charge in [-0.15, -0.1) is 0 Å². The van der Waals surface area contributed by atoms with E-state index in [4.69, 9.17) is 0 Å². The lowest BCUT2D eigenvalue weighted by atomic mass is 9.79. The van der Waals surface area contributed by atoms with Gasteiger partial charge in [0.1, 0.15) is 0 Å². The van der Waals surface area contributed by atoms with Crippen LogP contribution in [-0.4, -0.2) is 17.1 Å². The zero-order valence-electron chi connectivity index (χ0n) is 11.8. The van der Waals surface area contributed by atoms with Gasteiger partial charge in [0.25, 0.3) is 0 Å². The van der Waals surface area contributed by atoms with Crippen LogP contribution in [0.15, 0.2) is 60.7 Å². The Bertz CT molecular complexity index is 612. The number of hydrogen-bond donors (Lipinski definition) is 2. The number of hydrogen-bond acceptors (Lipinski definition) is 2. The predicted molar refractivity (Wildman–Crippen MR) is 83.5 cm³/mol. The molecular weight excluding hydrogens is 262 g/mol. The lowest BCUT2D eigenvalue weighted by Crippen LogP contribution is -2.34. The van der Waals surface area contributed by atoms with Crippen molar-refractivity contribution in [2.24, 2.45) is 0 Å². The van der Waals surface area contributed by atoms with E-state index in [1.807, 2.05) is 60.7 Å². The zero-order chi connectivity index (χ0) is 14.7. The molecule has 1 aliphatic rings. The van der Waals surface area contributed by atoms with E-state index < -0.39 is 11.4 Å². The number of carboxylic acid groups (broad SMARTS) is 1. The lowest BCUT2D eigenvalue weighted by molar-refractivity contribution is -0.143. The third-order valence-electron chi connectivity index (χ3n) is 4.39. The first-order valence-corrected chi connectivity index (χ1v) is 7.31. The Morgan fingerprint density at radius 2 is 1.67 bits per heavy atom. The molecule has 3 nitrogen and oxygen atoms in total. The van der Waals surface area contributed by atoms with Gasteiger partial charge in [0.05, 0.1) is 5.41 Å². The monoisotopic (exact) mass is 281 g/mol. The summed E-state index contributed by atoms with van der Waals surface area (Å²) < 4.78 is 0. The van der Waals surface area contributed by atoms with Crippen LogP contribution in [0.2, 0.25) is 0 Å². The second-order valence-electron chi connectivity index (χ2n) is 5.70. The van der Waals surface area contributed by atoms with Crippen LogP contribution in [0.5, 0.6) is 0 Å². The van der Waals surface area contributed by atoms with Crippen molar-refractivity contribution in [2.45, 2.75) is 30.7 Å². The second-order valence-corrected chi connectivity index (χ2v) is 5.70. The maximum Gasteiger partial charge on any atom is 0.314 e. The fourth-order valence-corrected chi connectivity index (χ4v) is 3.28. The highest BCUT2D eigenvalue weighted by atomic mass is 16.4. The summed E-state index contributed by atoms with van der Waals surface area (Å²) in [5, 5.41) is 13.2. The topological polar surface area (TPSA) is 49.3 Å². The lowest BCUT2D eigenvalue weighted by Gasteiger charge is -2.25. The third kappa shape index (κ3) is 2.64. The number of carboxylic acids is 1. The Morgan fingerprint density at radius 3 is 2.29 bits per heavy atom. The van der Waals surface area contributed by atoms with Gasteiger partial charge in [0.2, 0.25) is 0 Å². The first-order valence-electron chi connectivity index (χ1n) is 7.31. The van der Waals surface area contributed by atoms with Gasteiger partial charge in [-0.25, -0.2) is 0 Å². The van der Waals surface area contributed by atoms with E-state index in [-0.39, 0.29) is 6.04 Å². The summed E-state index contributed by atoms with van der Waals surface area (Å²) in [6, 6.07) is 19.8. The zero-order valence-corrected chi connectivity index (χ0v) is 11.8. The quantitative estimate of drug-likeness (QED) is 0.899. The maximum atomic E-state index is 11.9. The summed E-state index contributed by atoms with van der Waals surface area (Å²) in [6.45, 7) is 0. The molecule has 0 heterocycles. The predicted octanol–water partition coefficient (Wildman–Crippen LogP) is 3.67. The number of carbonyl (C=O) groups is 1. The molecule has 3 heteroatoms. The molecule has 0 amide bonds. The molecule has 1 saturated carbocycles. The Balaban J connectivity index is 1.81. The molecule has 108 valence electrons. The van der Waals surface area contributed by atoms with Gasteiger partial charge in [0.15, 0.2) is 0 Å². The van der Waals surface area contributed by atoms with Crippen molar-refractivity contribution in [3.05, 3.63) is 66.2 Å². The van der Waals surface area contributed by atoms with Crippen LogP contribution < -0.4 is 5.32 Å². The third-order valence-corrected chi connectivity index (χ3v) is 4.39. The Kier molecular flexibility index (Phi) is 3.65. The van der Waals surface area contributed by atoms with Gasteiger partial charge < -0.3 is 10.4 Å². The highest BCUT2D eigenvalue weighted by Gasteiger charge is 2.46. The molecule has 0 aliphatic heterocycles. The van der Waals surface area contributed by atoms with Crippen LogP contribution in [0.4, 0.5) is 5.69 Å². The first-order chi connectivity index (χ1) is 10.2. The normalized spacial score (nSPS) is 24.7. The molecule has 2 atom stereocenters. The fraction of sp³-hybridized carbons (Fsp3) is 0.278. The molecule has 0 unspecified atom stereocenters. The number of anilines is 1. The Morgan fingerprint density at radius 1 is 1.05 bits per heavy atom. The van der Waals surface area contributed by atoms with Crippen molar-refractivity contribution in [1.82, 2.24) is 0 Å². The highest BCUT2D eigenvalue weighted by molar-refractivity contribution is 5.82. The van der Waals surface area contributed by atoms with E-state index in [0.29, 0.717) is 12.8 Å². The molecule has 0 bridgehead atoms. The van der Waals surface area contributed by atoms with E-state index in [9.17, 15) is 9.90 Å². The van der Waals surface area contributed by atoms with Crippen LogP contribution >= 0.6 is 0 Å². The smallest absolute Gasteiger partial charge is 0.314 e. The van der Waals surface area contributed by atoms with Crippen LogP contribution in [0.25, 0.3) is 0 Å². The van der Waals surface area contributed by atoms with Crippen molar-refractivity contribution < 1.29 is 9.90 Å². The molecule has 3 rings (SSSR count). The minimum absolute atomic E-state index is 0.198. The van der Waals surface area contributed by atoms with E-state index in [1.54, 1.807) is 0 Å². The summed E-state index contributed by atoms with van der Waals surface area (Å²) in [6.07, 6.45) is 2.17. The van der Waals surface area contributed by atoms with E-state index in [0.717, 1.165) is 17.7 Å². The van der Waals surface area contributed by atoms with Crippen molar-refractivity contribution in [2.75, 3.05) is 5.32 Å². The molecule has 0 aromatic heterocycles. The molecule has 2 aromatic rings. The summed E-state index contributed by atoms with van der Waals surface area (Å²) in [7, 11) is 0. The minimum Gasteiger partial charge on any atom is -0.481 e. The van der Waals surface area contributed by atoms with Crippen molar-refractivity contribution in [1.29, 1.82) is 0 Å². The molecule has 0 spiro atoms. The number of rotatable bonds is 4.